The first-order valence-corrected chi connectivity index (χ1v) is 15.3. The highest BCUT2D eigenvalue weighted by atomic mass is 31.1. The SMILES string of the molecule is Fc1c(F)c(F)c([B-](F)(c2c(F)c(F)c(F)c(F)c2F)c2c(F)c(F)c([PH+](C3CCCC3)C3CCCC3)c(F)c2F)c(F)c1F. The van der Waals surface area contributed by atoms with Gasteiger partial charge < -0.3 is 4.32 Å². The van der Waals surface area contributed by atoms with E-state index >= 15 is 39.4 Å². The molecule has 3 aromatic rings. The van der Waals surface area contributed by atoms with Gasteiger partial charge in [0.1, 0.15) is 34.9 Å². The van der Waals surface area contributed by atoms with Gasteiger partial charge in [0.2, 0.25) is 11.6 Å². The lowest BCUT2D eigenvalue weighted by molar-refractivity contribution is 0.380. The first-order valence-electron chi connectivity index (χ1n) is 13.7. The summed E-state index contributed by atoms with van der Waals surface area (Å²) in [6.45, 7) is 0. The van der Waals surface area contributed by atoms with Crippen LogP contribution in [-0.2, 0) is 0 Å². The standard InChI is InChI=1S/C28H18BF15P/c30-14-11(15(31)21(37)24(40)20(14)36)29(44,12-16(32)22(38)25(41)23(39)17(12)33)13-18(34)26(42)28(27(43)19(13)35)45(9-5-1-2-6-9)10-7-3-4-8-10/h9-10H,1-8H2/q-1/p+1. The molecule has 0 heterocycles. The largest absolute Gasteiger partial charge is 0.498 e. The van der Waals surface area contributed by atoms with Crippen molar-refractivity contribution in [3.8, 4) is 0 Å². The molecule has 5 rings (SSSR count). The highest BCUT2D eigenvalue weighted by Gasteiger charge is 2.51. The van der Waals surface area contributed by atoms with Gasteiger partial charge in [-0.25, -0.2) is 52.7 Å². The van der Waals surface area contributed by atoms with Crippen molar-refractivity contribution in [1.82, 2.24) is 0 Å². The average Bonchev–Trinajstić information content (AvgIpc) is 3.74. The highest BCUT2D eigenvalue weighted by molar-refractivity contribution is 7.67. The Balaban J connectivity index is 1.94. The van der Waals surface area contributed by atoms with Crippen LogP contribution in [-0.4, -0.2) is 17.7 Å². The summed E-state index contributed by atoms with van der Waals surface area (Å²) in [6.07, 6.45) is -2.86. The number of hydrogen-bond acceptors (Lipinski definition) is 0. The molecule has 0 amide bonds. The lowest BCUT2D eigenvalue weighted by Gasteiger charge is -2.37. The molecule has 0 unspecified atom stereocenters. The van der Waals surface area contributed by atoms with Crippen molar-refractivity contribution in [3.05, 3.63) is 81.4 Å². The molecule has 244 valence electrons. The maximum absolute atomic E-state index is 17.2. The van der Waals surface area contributed by atoms with Crippen LogP contribution in [0.2, 0.25) is 0 Å². The molecule has 2 aliphatic rings. The minimum Gasteiger partial charge on any atom is -0.498 e. The summed E-state index contributed by atoms with van der Waals surface area (Å²) in [5.41, 5.74) is -10.2. The van der Waals surface area contributed by atoms with Crippen molar-refractivity contribution in [2.24, 2.45) is 0 Å². The first-order chi connectivity index (χ1) is 21.1. The van der Waals surface area contributed by atoms with Crippen LogP contribution in [0.25, 0.3) is 0 Å². The molecule has 45 heavy (non-hydrogen) atoms. The lowest BCUT2D eigenvalue weighted by Crippen LogP contribution is -2.70. The van der Waals surface area contributed by atoms with E-state index < -0.39 is 129 Å². The molecule has 0 bridgehead atoms. The van der Waals surface area contributed by atoms with Crippen molar-refractivity contribution in [1.29, 1.82) is 0 Å². The van der Waals surface area contributed by atoms with E-state index in [0.29, 0.717) is 51.4 Å². The Morgan fingerprint density at radius 2 is 0.578 bits per heavy atom. The maximum atomic E-state index is 17.2. The summed E-state index contributed by atoms with van der Waals surface area (Å²) in [5, 5.41) is -1.19. The average molecular weight is 682 g/mol. The minimum absolute atomic E-state index is 0.390. The summed E-state index contributed by atoms with van der Waals surface area (Å²) in [4.78, 5) is 0. The molecule has 0 N–H and O–H groups in total. The Bertz CT molecular complexity index is 1530. The summed E-state index contributed by atoms with van der Waals surface area (Å²) in [7, 11) is -2.62. The third-order valence-corrected chi connectivity index (χ3v) is 12.8. The molecular weight excluding hydrogens is 663 g/mol. The maximum Gasteiger partial charge on any atom is 0.251 e. The molecule has 2 fully saturated rings. The first kappa shape index (κ1) is 33.5. The zero-order valence-corrected chi connectivity index (χ0v) is 23.6. The lowest BCUT2D eigenvalue weighted by atomic mass is 9.30. The molecule has 0 aliphatic heterocycles. The Morgan fingerprint density at radius 1 is 0.356 bits per heavy atom. The normalized spacial score (nSPS) is 16.5. The summed E-state index contributed by atoms with van der Waals surface area (Å²) in [5.74, 6) is -42.3. The number of rotatable bonds is 6. The molecule has 17 heteroatoms. The van der Waals surface area contributed by atoms with Crippen LogP contribution in [0.1, 0.15) is 51.4 Å². The molecular formula is C28H19BF15P. The van der Waals surface area contributed by atoms with E-state index in [2.05, 4.69) is 0 Å². The van der Waals surface area contributed by atoms with Crippen LogP contribution in [0.5, 0.6) is 0 Å². The molecule has 0 nitrogen and oxygen atoms in total. The smallest absolute Gasteiger partial charge is 0.251 e. The van der Waals surface area contributed by atoms with Gasteiger partial charge in [0.15, 0.2) is 40.2 Å². The van der Waals surface area contributed by atoms with Crippen LogP contribution in [0.15, 0.2) is 0 Å². The Labute approximate surface area is 246 Å². The fourth-order valence-corrected chi connectivity index (χ4v) is 11.1. The number of halogens is 15. The van der Waals surface area contributed by atoms with E-state index in [1.54, 1.807) is 0 Å². The van der Waals surface area contributed by atoms with Crippen LogP contribution in [0.4, 0.5) is 65.8 Å². The van der Waals surface area contributed by atoms with Gasteiger partial charge in [-0.05, 0) is 51.4 Å². The van der Waals surface area contributed by atoms with Crippen molar-refractivity contribution >= 4 is 36.0 Å². The van der Waals surface area contributed by atoms with E-state index in [0.717, 1.165) is 0 Å². The van der Waals surface area contributed by atoms with Gasteiger partial charge in [0.25, 0.3) is 6.42 Å². The van der Waals surface area contributed by atoms with Gasteiger partial charge in [-0.15, -0.1) is 0 Å². The third-order valence-electron chi connectivity index (χ3n) is 8.86. The van der Waals surface area contributed by atoms with Crippen LogP contribution < -0.4 is 21.7 Å². The second-order valence-electron chi connectivity index (χ2n) is 11.2. The Kier molecular flexibility index (Phi) is 8.95. The highest BCUT2D eigenvalue weighted by Crippen LogP contribution is 2.57. The van der Waals surface area contributed by atoms with E-state index in [-0.39, 0.29) is 0 Å². The van der Waals surface area contributed by atoms with Gasteiger partial charge >= 0.3 is 0 Å². The zero-order chi connectivity index (χ0) is 33.3. The van der Waals surface area contributed by atoms with Crippen LogP contribution in [0, 0.1) is 81.4 Å². The summed E-state index contributed by atoms with van der Waals surface area (Å²) >= 11 is 0. The predicted molar refractivity (Wildman–Crippen MR) is 137 cm³/mol. The summed E-state index contributed by atoms with van der Waals surface area (Å²) in [6, 6.07) is 0. The fourth-order valence-electron chi connectivity index (χ4n) is 6.84. The quantitative estimate of drug-likeness (QED) is 0.0843. The van der Waals surface area contributed by atoms with Gasteiger partial charge in [-0.3, -0.25) is 0 Å². The van der Waals surface area contributed by atoms with Crippen molar-refractivity contribution in [2.45, 2.75) is 62.7 Å². The van der Waals surface area contributed by atoms with Gasteiger partial charge in [-0.1, -0.05) is 16.4 Å². The molecule has 0 atom stereocenters. The van der Waals surface area contributed by atoms with Gasteiger partial charge in [0, 0.05) is 7.92 Å². The van der Waals surface area contributed by atoms with E-state index in [1.807, 2.05) is 0 Å². The molecule has 0 aromatic heterocycles. The van der Waals surface area contributed by atoms with Crippen LogP contribution in [0.3, 0.4) is 0 Å². The Hall–Kier alpha value is -2.90. The minimum atomic E-state index is -6.79. The van der Waals surface area contributed by atoms with E-state index in [4.69, 9.17) is 0 Å². The number of hydrogen-bond donors (Lipinski definition) is 0. The van der Waals surface area contributed by atoms with Gasteiger partial charge in [-0.2, -0.15) is 8.78 Å². The molecule has 0 radical (unpaired) electrons. The third kappa shape index (κ3) is 4.91. The fraction of sp³-hybridized carbons (Fsp3) is 0.357. The Morgan fingerprint density at radius 3 is 0.844 bits per heavy atom. The predicted octanol–water partition coefficient (Wildman–Crippen LogP) is 7.30. The van der Waals surface area contributed by atoms with Gasteiger partial charge in [0.05, 0.1) is 11.3 Å². The second-order valence-corrected chi connectivity index (χ2v) is 14.2. The molecule has 0 saturated heterocycles. The topological polar surface area (TPSA) is 0 Å². The van der Waals surface area contributed by atoms with E-state index in [1.165, 1.54) is 0 Å². The van der Waals surface area contributed by atoms with Crippen molar-refractivity contribution < 1.29 is 65.8 Å². The van der Waals surface area contributed by atoms with E-state index in [9.17, 15) is 26.3 Å². The molecule has 2 saturated carbocycles. The molecule has 3 aromatic carbocycles. The molecule has 2 aliphatic carbocycles. The molecule has 0 spiro atoms. The van der Waals surface area contributed by atoms with Crippen molar-refractivity contribution in [3.63, 3.8) is 0 Å². The van der Waals surface area contributed by atoms with Crippen molar-refractivity contribution in [2.75, 3.05) is 0 Å². The zero-order valence-electron chi connectivity index (χ0n) is 22.6. The monoisotopic (exact) mass is 682 g/mol. The number of benzene rings is 3. The van der Waals surface area contributed by atoms with Crippen LogP contribution >= 0.6 is 7.92 Å². The summed E-state index contributed by atoms with van der Waals surface area (Å²) < 4.78 is 226. The second kappa shape index (κ2) is 12.0.